The third-order valence-corrected chi connectivity index (χ3v) is 15.3. The summed E-state index contributed by atoms with van der Waals surface area (Å²) in [5.41, 5.74) is 14.5. The first kappa shape index (κ1) is 65.0. The molecular weight excluding hydrogens is 1060 g/mol. The Morgan fingerprint density at radius 1 is 0.312 bits per heavy atom. The molecule has 2 fully saturated rings. The third-order valence-electron chi connectivity index (χ3n) is 15.3. The van der Waals surface area contributed by atoms with Crippen molar-refractivity contribution in [3.8, 4) is 67.5 Å². The van der Waals surface area contributed by atoms with Crippen LogP contribution in [0.5, 0.6) is 23.0 Å². The van der Waals surface area contributed by atoms with E-state index in [1.807, 2.05) is 198 Å². The minimum atomic E-state index is 0. The summed E-state index contributed by atoms with van der Waals surface area (Å²) in [5.74, 6) is 0.385. The zero-order valence-electron chi connectivity index (χ0n) is 46.4. The Labute approximate surface area is 503 Å². The van der Waals surface area contributed by atoms with E-state index in [4.69, 9.17) is 0 Å². The van der Waals surface area contributed by atoms with Crippen LogP contribution in [0.1, 0.15) is 95.9 Å². The molecule has 80 heavy (non-hydrogen) atoms. The summed E-state index contributed by atoms with van der Waals surface area (Å²) in [4.78, 5) is 0. The zero-order chi connectivity index (χ0) is 53.0. The fourth-order valence-electron chi connectivity index (χ4n) is 11.4. The molecule has 0 aliphatic heterocycles. The van der Waals surface area contributed by atoms with Crippen LogP contribution in [0.3, 0.4) is 0 Å². The maximum atomic E-state index is 13.3. The minimum absolute atomic E-state index is 0. The van der Waals surface area contributed by atoms with Gasteiger partial charge in [-0.25, -0.2) is 0 Å². The van der Waals surface area contributed by atoms with Crippen LogP contribution in [-0.4, -0.2) is 24.2 Å². The van der Waals surface area contributed by atoms with Gasteiger partial charge in [-0.05, 0) is 120 Å². The molecule has 0 saturated heterocycles. The summed E-state index contributed by atoms with van der Waals surface area (Å²) >= 11 is 0. The summed E-state index contributed by atoms with van der Waals surface area (Å²) in [5, 5.41) is 68.0. The molecule has 8 aromatic carbocycles. The van der Waals surface area contributed by atoms with Gasteiger partial charge >= 0.3 is 43.4 Å². The number of hydrogen-bond donors (Lipinski definition) is 4. The number of hydrogen-bond acceptors (Lipinski definition) is 8. The molecule has 0 bridgehead atoms. The van der Waals surface area contributed by atoms with Crippen molar-refractivity contribution in [2.24, 2.45) is 0 Å². The van der Waals surface area contributed by atoms with Crippen LogP contribution < -0.4 is 41.7 Å². The monoisotopic (exact) mass is 1140 g/mol. The maximum Gasteiger partial charge on any atom is 4.00 e. The van der Waals surface area contributed by atoms with Crippen LogP contribution in [0.25, 0.3) is 44.5 Å². The molecule has 4 N–H and O–H groups in total. The Kier molecular flexibility index (Phi) is 25.5. The van der Waals surface area contributed by atoms with Crippen molar-refractivity contribution in [3.05, 3.63) is 214 Å². The van der Waals surface area contributed by atoms with Gasteiger partial charge in [-0.1, -0.05) is 241 Å². The predicted molar refractivity (Wildman–Crippen MR) is 305 cm³/mol. The van der Waals surface area contributed by atoms with Crippen molar-refractivity contribution in [2.75, 3.05) is 0 Å². The fraction of sp³-hybridized carbons (Fsp3) is 0.294. The van der Waals surface area contributed by atoms with Crippen LogP contribution in [0.4, 0.5) is 0 Å². The topological polar surface area (TPSA) is 197 Å². The van der Waals surface area contributed by atoms with Crippen molar-refractivity contribution in [1.29, 1.82) is 0 Å². The SMILES string of the molecule is Cc1cc(CN[C@@H]2CCCC[C@H]2NCc2cc(C)cc(-c3ccccc3)c2[O-])c([O-])c(-c2ccccc2)c1.Cc1cc(CN[C@@H]2CCCC[C@H]2NCc2cc(C)cc(-c3ccccc3)c2[O-])c([O-])c(-c2ccccc2)c1.[O-2].[O-2].[Ti+4].[Ti+4]. The molecule has 0 unspecified atom stereocenters. The number of benzene rings is 8. The van der Waals surface area contributed by atoms with E-state index >= 15 is 0 Å². The second-order valence-corrected chi connectivity index (χ2v) is 21.2. The third kappa shape index (κ3) is 16.6. The number of rotatable bonds is 16. The van der Waals surface area contributed by atoms with E-state index in [1.165, 1.54) is 25.7 Å². The van der Waals surface area contributed by atoms with Crippen molar-refractivity contribution >= 4 is 0 Å². The van der Waals surface area contributed by atoms with Gasteiger partial charge in [-0.15, -0.1) is 0 Å². The van der Waals surface area contributed by atoms with Gasteiger partial charge in [0.1, 0.15) is 0 Å². The van der Waals surface area contributed by atoms with Gasteiger partial charge < -0.3 is 52.6 Å². The van der Waals surface area contributed by atoms with E-state index in [2.05, 4.69) is 21.3 Å². The van der Waals surface area contributed by atoms with Crippen molar-refractivity contribution in [3.63, 3.8) is 0 Å². The first-order valence-electron chi connectivity index (χ1n) is 27.4. The van der Waals surface area contributed by atoms with Crippen molar-refractivity contribution in [2.45, 2.75) is 129 Å². The Balaban J connectivity index is 0.000000280. The predicted octanol–water partition coefficient (Wildman–Crippen LogP) is 11.7. The second kappa shape index (κ2) is 31.4. The molecule has 4 atom stereocenters. The van der Waals surface area contributed by atoms with Gasteiger partial charge in [0.2, 0.25) is 0 Å². The Hall–Kier alpha value is -5.85. The quantitative estimate of drug-likeness (QED) is 0.0685. The molecule has 0 amide bonds. The van der Waals surface area contributed by atoms with Gasteiger partial charge in [0, 0.05) is 50.3 Å². The number of aryl methyl sites for hydroxylation is 4. The molecule has 10 rings (SSSR count). The van der Waals surface area contributed by atoms with Crippen LogP contribution in [-0.2, 0) is 80.6 Å². The maximum absolute atomic E-state index is 13.3. The molecule has 0 heterocycles. The van der Waals surface area contributed by atoms with Crippen molar-refractivity contribution in [1.82, 2.24) is 21.3 Å². The first-order valence-corrected chi connectivity index (χ1v) is 27.4. The normalized spacial score (nSPS) is 16.6. The van der Waals surface area contributed by atoms with E-state index < -0.39 is 0 Å². The standard InChI is InChI=1S/2C34H38N2O2.2O.2Ti/c2*1-23-17-27(33(37)29(19-23)25-11-5-3-6-12-25)21-35-31-15-9-10-16-32(31)36-22-28-18-24(2)20-30(34(28)38)26-13-7-4-8-14-26;;;;/h2*3-8,11-14,17-20,31-32,35-38H,9-10,15-16,21-22H2,1-2H3;;;;/q;;2*-2;2*+4/p-4/t2*31-,32-;;;;/m11..../s1. The molecule has 8 aromatic rings. The summed E-state index contributed by atoms with van der Waals surface area (Å²) in [7, 11) is 0. The summed E-state index contributed by atoms with van der Waals surface area (Å²) in [6.45, 7) is 10.4. The molecule has 0 radical (unpaired) electrons. The fourth-order valence-corrected chi connectivity index (χ4v) is 11.4. The van der Waals surface area contributed by atoms with E-state index in [1.54, 1.807) is 0 Å². The van der Waals surface area contributed by atoms with Gasteiger partial charge in [0.15, 0.2) is 0 Å². The Morgan fingerprint density at radius 2 is 0.500 bits per heavy atom. The second-order valence-electron chi connectivity index (χ2n) is 21.2. The molecular formula is C68H72N4O6Ti2. The molecule has 10 nitrogen and oxygen atoms in total. The largest absolute Gasteiger partial charge is 4.00 e. The van der Waals surface area contributed by atoms with Crippen molar-refractivity contribution < 1.29 is 74.8 Å². The van der Waals surface area contributed by atoms with Gasteiger partial charge in [-0.2, -0.15) is 0 Å². The van der Waals surface area contributed by atoms with Crippen LogP contribution >= 0.6 is 0 Å². The van der Waals surface area contributed by atoms with Gasteiger partial charge in [0.25, 0.3) is 0 Å². The zero-order valence-corrected chi connectivity index (χ0v) is 49.5. The van der Waals surface area contributed by atoms with Crippen LogP contribution in [0.2, 0.25) is 0 Å². The molecule has 0 spiro atoms. The van der Waals surface area contributed by atoms with E-state index in [0.29, 0.717) is 26.2 Å². The Morgan fingerprint density at radius 3 is 0.688 bits per heavy atom. The molecule has 2 aliphatic rings. The molecule has 0 aromatic heterocycles. The average molecular weight is 1140 g/mol. The first-order chi connectivity index (χ1) is 37.0. The van der Waals surface area contributed by atoms with Crippen LogP contribution in [0, 0.1) is 27.7 Å². The summed E-state index contributed by atoms with van der Waals surface area (Å²) < 4.78 is 0. The molecule has 408 valence electrons. The number of nitrogens with one attached hydrogen (secondary N) is 4. The summed E-state index contributed by atoms with van der Waals surface area (Å²) in [6, 6.07) is 56.5. The molecule has 2 aliphatic carbocycles. The van der Waals surface area contributed by atoms with Gasteiger partial charge in [0.05, 0.1) is 0 Å². The average Bonchev–Trinajstić information content (AvgIpc) is 3.46. The molecule has 2 saturated carbocycles. The minimum Gasteiger partial charge on any atom is -2.00 e. The van der Waals surface area contributed by atoms with E-state index in [0.717, 1.165) is 115 Å². The summed E-state index contributed by atoms with van der Waals surface area (Å²) in [6.07, 6.45) is 8.87. The van der Waals surface area contributed by atoms with E-state index in [-0.39, 0.29) is 102 Å². The van der Waals surface area contributed by atoms with E-state index in [9.17, 15) is 20.4 Å². The molecule has 12 heteroatoms. The van der Waals surface area contributed by atoms with Gasteiger partial charge in [-0.3, -0.25) is 0 Å². The smallest absolute Gasteiger partial charge is 2.00 e. The van der Waals surface area contributed by atoms with Crippen LogP contribution in [0.15, 0.2) is 170 Å². The Bertz CT molecular complexity index is 2760.